The van der Waals surface area contributed by atoms with Gasteiger partial charge in [0.15, 0.2) is 0 Å². The zero-order chi connectivity index (χ0) is 14.7. The van der Waals surface area contributed by atoms with Gasteiger partial charge in [0.2, 0.25) is 0 Å². The molecule has 0 saturated carbocycles. The molecule has 0 radical (unpaired) electrons. The Morgan fingerprint density at radius 3 is 2.70 bits per heavy atom. The third-order valence-corrected chi connectivity index (χ3v) is 4.44. The number of hydrogen-bond acceptors (Lipinski definition) is 1. The first-order valence-electron chi connectivity index (χ1n) is 7.78. The Bertz CT molecular complexity index is 500. The molecule has 2 aliphatic carbocycles. The fourth-order valence-corrected chi connectivity index (χ4v) is 2.98. The number of hydrogen-bond donors (Lipinski definition) is 1. The van der Waals surface area contributed by atoms with Crippen LogP contribution in [0, 0.1) is 17.8 Å². The maximum atomic E-state index is 3.78. The minimum atomic E-state index is 0.483. The maximum absolute atomic E-state index is 3.78. The fourth-order valence-electron chi connectivity index (χ4n) is 2.98. The molecule has 1 unspecified atom stereocenters. The van der Waals surface area contributed by atoms with Crippen molar-refractivity contribution in [2.45, 2.75) is 40.5 Å². The Labute approximate surface area is 123 Å². The maximum Gasteiger partial charge on any atom is 0.0472 e. The molecule has 2 atom stereocenters. The highest BCUT2D eigenvalue weighted by Crippen LogP contribution is 2.48. The molecule has 2 aliphatic rings. The van der Waals surface area contributed by atoms with E-state index < -0.39 is 0 Å². The molecule has 108 valence electrons. The standard InChI is InChI=1S/C19H27N/c1-6-14(5)15-9-8-10-16(12-11-15)18-17(13(3)4)19(18)20-7-2/h7-8,10-14,18,20H,2,6,9H2,1,3-5H3/t14-,18?/m1/s1. The van der Waals surface area contributed by atoms with Crippen molar-refractivity contribution < 1.29 is 0 Å². The van der Waals surface area contributed by atoms with Gasteiger partial charge in [-0.15, -0.1) is 0 Å². The van der Waals surface area contributed by atoms with E-state index in [9.17, 15) is 0 Å². The average molecular weight is 269 g/mol. The smallest absolute Gasteiger partial charge is 0.0472 e. The summed E-state index contributed by atoms with van der Waals surface area (Å²) in [5, 5.41) is 3.31. The van der Waals surface area contributed by atoms with Gasteiger partial charge in [-0.3, -0.25) is 0 Å². The Hall–Kier alpha value is -1.50. The molecule has 0 aromatic heterocycles. The van der Waals surface area contributed by atoms with E-state index in [1.54, 1.807) is 11.8 Å². The average Bonchev–Trinajstić information content (AvgIpc) is 3.16. The fraction of sp³-hybridized carbons (Fsp3) is 0.474. The van der Waals surface area contributed by atoms with Gasteiger partial charge in [-0.25, -0.2) is 0 Å². The molecule has 20 heavy (non-hydrogen) atoms. The van der Waals surface area contributed by atoms with Crippen LogP contribution in [0.5, 0.6) is 0 Å². The van der Waals surface area contributed by atoms with Crippen molar-refractivity contribution >= 4 is 0 Å². The van der Waals surface area contributed by atoms with Crippen LogP contribution in [0.4, 0.5) is 0 Å². The highest BCUT2D eigenvalue weighted by atomic mass is 14.9. The van der Waals surface area contributed by atoms with Gasteiger partial charge in [0.25, 0.3) is 0 Å². The van der Waals surface area contributed by atoms with Crippen LogP contribution < -0.4 is 5.32 Å². The monoisotopic (exact) mass is 269 g/mol. The van der Waals surface area contributed by atoms with Crippen LogP contribution in [-0.4, -0.2) is 0 Å². The van der Waals surface area contributed by atoms with Crippen molar-refractivity contribution in [1.82, 2.24) is 5.32 Å². The lowest BCUT2D eigenvalue weighted by Gasteiger charge is -2.10. The summed E-state index contributed by atoms with van der Waals surface area (Å²) in [5.41, 5.74) is 5.84. The van der Waals surface area contributed by atoms with Crippen LogP contribution in [0.1, 0.15) is 40.5 Å². The Balaban J connectivity index is 2.17. The summed E-state index contributed by atoms with van der Waals surface area (Å²) in [4.78, 5) is 0. The van der Waals surface area contributed by atoms with Gasteiger partial charge in [-0.05, 0) is 42.0 Å². The number of rotatable bonds is 6. The predicted molar refractivity (Wildman–Crippen MR) is 88.1 cm³/mol. The summed E-state index contributed by atoms with van der Waals surface area (Å²) in [6.07, 6.45) is 13.4. The largest absolute Gasteiger partial charge is 0.365 e. The molecular weight excluding hydrogens is 242 g/mol. The van der Waals surface area contributed by atoms with Crippen LogP contribution in [0.2, 0.25) is 0 Å². The molecule has 1 heteroatoms. The highest BCUT2D eigenvalue weighted by molar-refractivity contribution is 5.54. The van der Waals surface area contributed by atoms with Gasteiger partial charge in [-0.2, -0.15) is 0 Å². The Morgan fingerprint density at radius 1 is 1.35 bits per heavy atom. The lowest BCUT2D eigenvalue weighted by Crippen LogP contribution is -1.99. The normalized spacial score (nSPS) is 23.1. The lowest BCUT2D eigenvalue weighted by atomic mass is 9.96. The van der Waals surface area contributed by atoms with E-state index >= 15 is 0 Å². The molecule has 0 aliphatic heterocycles. The molecule has 0 amide bonds. The zero-order valence-corrected chi connectivity index (χ0v) is 13.2. The summed E-state index contributed by atoms with van der Waals surface area (Å²) in [6.45, 7) is 12.9. The molecule has 0 aromatic rings. The van der Waals surface area contributed by atoms with Gasteiger partial charge < -0.3 is 5.32 Å². The van der Waals surface area contributed by atoms with Crippen molar-refractivity contribution in [3.63, 3.8) is 0 Å². The Morgan fingerprint density at radius 2 is 2.10 bits per heavy atom. The molecular formula is C19H27N. The van der Waals surface area contributed by atoms with Gasteiger partial charge >= 0.3 is 0 Å². The highest BCUT2D eigenvalue weighted by Gasteiger charge is 2.39. The predicted octanol–water partition coefficient (Wildman–Crippen LogP) is 5.12. The summed E-state index contributed by atoms with van der Waals surface area (Å²) in [6, 6.07) is 0. The van der Waals surface area contributed by atoms with E-state index in [0.717, 1.165) is 6.42 Å². The van der Waals surface area contributed by atoms with Gasteiger partial charge in [0, 0.05) is 11.6 Å². The van der Waals surface area contributed by atoms with E-state index in [1.165, 1.54) is 23.3 Å². The van der Waals surface area contributed by atoms with Gasteiger partial charge in [0.1, 0.15) is 0 Å². The van der Waals surface area contributed by atoms with E-state index in [-0.39, 0.29) is 0 Å². The molecule has 0 bridgehead atoms. The van der Waals surface area contributed by atoms with E-state index in [1.807, 2.05) is 0 Å². The molecule has 0 saturated heterocycles. The van der Waals surface area contributed by atoms with Crippen molar-refractivity contribution in [2.24, 2.45) is 17.8 Å². The topological polar surface area (TPSA) is 12.0 Å². The minimum Gasteiger partial charge on any atom is -0.365 e. The first kappa shape index (κ1) is 14.9. The molecule has 0 spiro atoms. The number of nitrogens with one attached hydrogen (secondary N) is 1. The SMILES string of the molecule is C=CNC1=C(C(C)C)C1C1=CC=C([C@H](C)CC)CC=C1. The second-order valence-electron chi connectivity index (χ2n) is 6.13. The minimum absolute atomic E-state index is 0.483. The van der Waals surface area contributed by atoms with Crippen molar-refractivity contribution in [1.29, 1.82) is 0 Å². The molecule has 0 fully saturated rings. The first-order valence-corrected chi connectivity index (χ1v) is 7.78. The van der Waals surface area contributed by atoms with Crippen LogP contribution in [0.3, 0.4) is 0 Å². The molecule has 1 N–H and O–H groups in total. The third kappa shape index (κ3) is 2.98. The third-order valence-electron chi connectivity index (χ3n) is 4.44. The quantitative estimate of drug-likeness (QED) is 0.706. The second kappa shape index (κ2) is 6.30. The zero-order valence-electron chi connectivity index (χ0n) is 13.2. The van der Waals surface area contributed by atoms with Crippen LogP contribution >= 0.6 is 0 Å². The van der Waals surface area contributed by atoms with Gasteiger partial charge in [0.05, 0.1) is 0 Å². The summed E-state index contributed by atoms with van der Waals surface area (Å²) in [5.74, 6) is 1.76. The van der Waals surface area contributed by atoms with Crippen LogP contribution in [-0.2, 0) is 0 Å². The molecule has 0 aromatic carbocycles. The molecule has 1 nitrogen and oxygen atoms in total. The summed E-state index contributed by atoms with van der Waals surface area (Å²) in [7, 11) is 0. The van der Waals surface area contributed by atoms with Crippen LogP contribution in [0.15, 0.2) is 59.5 Å². The van der Waals surface area contributed by atoms with E-state index in [4.69, 9.17) is 0 Å². The number of allylic oxidation sites excluding steroid dienone is 7. The van der Waals surface area contributed by atoms with E-state index in [2.05, 4.69) is 63.9 Å². The lowest BCUT2D eigenvalue weighted by molar-refractivity contribution is 0.642. The first-order chi connectivity index (χ1) is 9.60. The van der Waals surface area contributed by atoms with Crippen LogP contribution in [0.25, 0.3) is 0 Å². The van der Waals surface area contributed by atoms with Crippen molar-refractivity contribution in [2.75, 3.05) is 0 Å². The van der Waals surface area contributed by atoms with E-state index in [0.29, 0.717) is 17.8 Å². The second-order valence-corrected chi connectivity index (χ2v) is 6.13. The summed E-state index contributed by atoms with van der Waals surface area (Å²) >= 11 is 0. The Kier molecular flexibility index (Phi) is 4.69. The van der Waals surface area contributed by atoms with Crippen molar-refractivity contribution in [3.8, 4) is 0 Å². The van der Waals surface area contributed by atoms with Gasteiger partial charge in [-0.1, -0.05) is 64.2 Å². The van der Waals surface area contributed by atoms with Crippen molar-refractivity contribution in [3.05, 3.63) is 59.5 Å². The summed E-state index contributed by atoms with van der Waals surface area (Å²) < 4.78 is 0. The molecule has 2 rings (SSSR count). The molecule has 0 heterocycles.